The summed E-state index contributed by atoms with van der Waals surface area (Å²) in [5.41, 5.74) is 8.53. The highest BCUT2D eigenvalue weighted by atomic mass is 32.2. The largest absolute Gasteiger partial charge is 0.496 e. The molecule has 2 aromatic carbocycles. The molecule has 0 atom stereocenters. The van der Waals surface area contributed by atoms with Gasteiger partial charge in [0.1, 0.15) is 11.5 Å². The monoisotopic (exact) mass is 456 g/mol. The number of ether oxygens (including phenoxy) is 3. The molecule has 0 saturated heterocycles. The molecule has 1 heterocycles. The van der Waals surface area contributed by atoms with Gasteiger partial charge in [0.15, 0.2) is 0 Å². The Kier molecular flexibility index (Phi) is 6.37. The molecule has 0 aromatic heterocycles. The highest BCUT2D eigenvalue weighted by molar-refractivity contribution is 7.99. The van der Waals surface area contributed by atoms with E-state index in [9.17, 15) is 22.8 Å². The number of esters is 2. The smallest absolute Gasteiger partial charge is 0.491 e. The van der Waals surface area contributed by atoms with Crippen LogP contribution in [-0.4, -0.2) is 39.4 Å². The van der Waals surface area contributed by atoms with Gasteiger partial charge < -0.3 is 24.8 Å². The molecule has 0 fully saturated rings. The molecule has 7 nitrogen and oxygen atoms in total. The van der Waals surface area contributed by atoms with Gasteiger partial charge in [0, 0.05) is 34.5 Å². The van der Waals surface area contributed by atoms with E-state index in [1.807, 2.05) is 18.0 Å². The quantitative estimate of drug-likeness (QED) is 0.540. The molecule has 31 heavy (non-hydrogen) atoms. The van der Waals surface area contributed by atoms with Crippen LogP contribution >= 0.6 is 11.8 Å². The van der Waals surface area contributed by atoms with Crippen LogP contribution in [0.3, 0.4) is 0 Å². The summed E-state index contributed by atoms with van der Waals surface area (Å²) in [5, 5.41) is 0. The minimum Gasteiger partial charge on any atom is -0.496 e. The molecule has 2 N–H and O–H groups in total. The molecule has 3 rings (SSSR count). The van der Waals surface area contributed by atoms with Crippen molar-refractivity contribution in [1.29, 1.82) is 0 Å². The van der Waals surface area contributed by atoms with Crippen LogP contribution in [0, 0.1) is 0 Å². The average molecular weight is 456 g/mol. The molecular weight excluding hydrogens is 437 g/mol. The lowest BCUT2D eigenvalue weighted by Crippen LogP contribution is -2.29. The van der Waals surface area contributed by atoms with Gasteiger partial charge in [0.05, 0.1) is 32.0 Å². The third-order valence-corrected chi connectivity index (χ3v) is 6.04. The lowest BCUT2D eigenvalue weighted by atomic mass is 10.1. The van der Waals surface area contributed by atoms with E-state index < -0.39 is 24.5 Å². The first-order chi connectivity index (χ1) is 14.6. The maximum atomic E-state index is 12.5. The van der Waals surface area contributed by atoms with Crippen LogP contribution in [0.15, 0.2) is 34.1 Å². The Morgan fingerprint density at radius 1 is 1.00 bits per heavy atom. The number of nitrogens with two attached hydrogens (primary N) is 1. The number of hydrogen-bond donors (Lipinski definition) is 1. The second-order valence-electron chi connectivity index (χ2n) is 6.49. The van der Waals surface area contributed by atoms with Gasteiger partial charge in [-0.1, -0.05) is 11.8 Å². The summed E-state index contributed by atoms with van der Waals surface area (Å²) in [6, 6.07) is 7.03. The van der Waals surface area contributed by atoms with Crippen LogP contribution in [-0.2, 0) is 27.3 Å². The summed E-state index contributed by atoms with van der Waals surface area (Å²) in [5.74, 6) is -3.04. The van der Waals surface area contributed by atoms with E-state index in [1.54, 1.807) is 18.2 Å². The van der Waals surface area contributed by atoms with E-state index in [2.05, 4.69) is 4.74 Å². The minimum atomic E-state index is -5.27. The summed E-state index contributed by atoms with van der Waals surface area (Å²) in [6.45, 7) is 0.184. The molecule has 0 bridgehead atoms. The molecule has 0 saturated carbocycles. The zero-order chi connectivity index (χ0) is 22.9. The number of rotatable bonds is 5. The summed E-state index contributed by atoms with van der Waals surface area (Å²) in [4.78, 5) is 26.4. The van der Waals surface area contributed by atoms with E-state index in [1.165, 1.54) is 26.0 Å². The fourth-order valence-corrected chi connectivity index (χ4v) is 4.69. The summed E-state index contributed by atoms with van der Waals surface area (Å²) >= 11 is 1.29. The molecular formula is C20H19F3N2O5S. The lowest BCUT2D eigenvalue weighted by molar-refractivity contribution is -0.201. The number of nitrogens with zero attached hydrogens (tertiary/aromatic N) is 1. The third-order valence-electron chi connectivity index (χ3n) is 4.72. The van der Waals surface area contributed by atoms with Gasteiger partial charge in [-0.25, -0.2) is 4.79 Å². The fourth-order valence-electron chi connectivity index (χ4n) is 3.27. The van der Waals surface area contributed by atoms with Crippen LogP contribution in [0.25, 0.3) is 0 Å². The molecule has 0 amide bonds. The van der Waals surface area contributed by atoms with E-state index in [0.29, 0.717) is 21.9 Å². The summed E-state index contributed by atoms with van der Waals surface area (Å²) in [6.07, 6.45) is -5.86. The van der Waals surface area contributed by atoms with Crippen molar-refractivity contribution in [2.75, 3.05) is 26.2 Å². The van der Waals surface area contributed by atoms with Crippen molar-refractivity contribution >= 4 is 35.1 Å². The molecule has 11 heteroatoms. The van der Waals surface area contributed by atoms with E-state index in [0.717, 1.165) is 16.1 Å². The number of carbonyl (C=O) groups excluding carboxylic acids is 2. The molecule has 0 aliphatic carbocycles. The van der Waals surface area contributed by atoms with Gasteiger partial charge in [0.2, 0.25) is 0 Å². The second-order valence-corrected chi connectivity index (χ2v) is 7.51. The number of benzene rings is 2. The zero-order valence-electron chi connectivity index (χ0n) is 16.8. The third kappa shape index (κ3) is 4.28. The van der Waals surface area contributed by atoms with Gasteiger partial charge in [-0.3, -0.25) is 4.79 Å². The normalized spacial score (nSPS) is 12.7. The van der Waals surface area contributed by atoms with Crippen molar-refractivity contribution in [1.82, 2.24) is 0 Å². The molecule has 166 valence electrons. The second kappa shape index (κ2) is 8.67. The van der Waals surface area contributed by atoms with E-state index in [4.69, 9.17) is 15.2 Å². The van der Waals surface area contributed by atoms with Crippen LogP contribution in [0.5, 0.6) is 11.5 Å². The predicted octanol–water partition coefficient (Wildman–Crippen LogP) is 3.57. The van der Waals surface area contributed by atoms with Crippen molar-refractivity contribution in [3.63, 3.8) is 0 Å². The Hall–Kier alpha value is -2.92. The number of hydrogen-bond acceptors (Lipinski definition) is 8. The van der Waals surface area contributed by atoms with Crippen LogP contribution in [0.4, 0.5) is 24.5 Å². The molecule has 2 aromatic rings. The predicted molar refractivity (Wildman–Crippen MR) is 107 cm³/mol. The van der Waals surface area contributed by atoms with E-state index >= 15 is 0 Å². The van der Waals surface area contributed by atoms with Crippen molar-refractivity contribution in [2.45, 2.75) is 28.9 Å². The number of alkyl halides is 3. The van der Waals surface area contributed by atoms with Crippen LogP contribution in [0.1, 0.15) is 11.1 Å². The van der Waals surface area contributed by atoms with Crippen LogP contribution in [0.2, 0.25) is 0 Å². The molecule has 0 spiro atoms. The Morgan fingerprint density at radius 2 is 1.52 bits per heavy atom. The zero-order valence-corrected chi connectivity index (χ0v) is 17.6. The minimum absolute atomic E-state index is 0.184. The molecule has 0 unspecified atom stereocenters. The average Bonchev–Trinajstić information content (AvgIpc) is 2.72. The standard InChI is InChI=1S/C20H19F3N2O5S/c1-25-12-4-6-14(28-2)10(8-16(26)30-19(27)20(21,22)23)17(12)31-18-11(9-24)15(29-3)7-5-13(18)25/h4-7H,8-9,24H2,1-3H3. The van der Waals surface area contributed by atoms with Gasteiger partial charge in [-0.2, -0.15) is 13.2 Å². The summed E-state index contributed by atoms with van der Waals surface area (Å²) in [7, 11) is 4.71. The van der Waals surface area contributed by atoms with Crippen LogP contribution < -0.4 is 20.1 Å². The lowest BCUT2D eigenvalue weighted by Gasteiger charge is -2.33. The van der Waals surface area contributed by atoms with Crippen molar-refractivity contribution < 1.29 is 37.0 Å². The Labute approximate surface area is 180 Å². The molecule has 1 aliphatic heterocycles. The summed E-state index contributed by atoms with van der Waals surface area (Å²) < 4.78 is 52.0. The fraction of sp³-hybridized carbons (Fsp3) is 0.300. The molecule has 0 radical (unpaired) electrons. The maximum absolute atomic E-state index is 12.5. The van der Waals surface area contributed by atoms with Crippen molar-refractivity contribution in [2.24, 2.45) is 5.73 Å². The highest BCUT2D eigenvalue weighted by Crippen LogP contribution is 2.53. The van der Waals surface area contributed by atoms with Crippen molar-refractivity contribution in [3.05, 3.63) is 35.4 Å². The van der Waals surface area contributed by atoms with E-state index in [-0.39, 0.29) is 12.3 Å². The Bertz CT molecular complexity index is 1040. The maximum Gasteiger partial charge on any atom is 0.491 e. The van der Waals surface area contributed by atoms with Gasteiger partial charge in [-0.05, 0) is 24.3 Å². The SMILES string of the molecule is COc1ccc2c(c1CN)Sc1c(ccc(OC)c1CC(=O)OC(=O)C(F)(F)F)N2C. The number of fused-ring (bicyclic) bond motifs is 2. The number of anilines is 2. The number of methoxy groups -OCH3 is 2. The number of carbonyl (C=O) groups is 2. The Balaban J connectivity index is 2.05. The first-order valence-electron chi connectivity index (χ1n) is 8.95. The highest BCUT2D eigenvalue weighted by Gasteiger charge is 2.42. The first-order valence-corrected chi connectivity index (χ1v) is 9.77. The molecule has 1 aliphatic rings. The van der Waals surface area contributed by atoms with Gasteiger partial charge >= 0.3 is 18.1 Å². The van der Waals surface area contributed by atoms with Gasteiger partial charge in [0.25, 0.3) is 0 Å². The van der Waals surface area contributed by atoms with Crippen molar-refractivity contribution in [3.8, 4) is 11.5 Å². The van der Waals surface area contributed by atoms with Gasteiger partial charge in [-0.15, -0.1) is 0 Å². The Morgan fingerprint density at radius 3 is 2.00 bits per heavy atom. The topological polar surface area (TPSA) is 91.1 Å². The first kappa shape index (κ1) is 22.8. The number of halogens is 3.